The Labute approximate surface area is 189 Å². The molecule has 3 nitrogen and oxygen atoms in total. The summed E-state index contributed by atoms with van der Waals surface area (Å²) in [6, 6.07) is 12.1. The molecule has 0 saturated heterocycles. The molecule has 8 heteroatoms. The third kappa shape index (κ3) is 6.24. The molecule has 0 atom stereocenters. The Balaban J connectivity index is 1.87. The molecule has 0 spiro atoms. The molecule has 31 heavy (non-hydrogen) atoms. The van der Waals surface area contributed by atoms with E-state index in [2.05, 4.69) is 10.3 Å². The highest BCUT2D eigenvalue weighted by Crippen LogP contribution is 2.43. The molecule has 1 heterocycles. The number of alkyl halides is 3. The van der Waals surface area contributed by atoms with E-state index in [4.69, 9.17) is 4.74 Å². The molecule has 0 fully saturated rings. The van der Waals surface area contributed by atoms with E-state index in [0.717, 1.165) is 28.6 Å². The number of aromatic nitrogens is 1. The van der Waals surface area contributed by atoms with Crippen molar-refractivity contribution in [2.45, 2.75) is 42.2 Å². The first-order chi connectivity index (χ1) is 14.8. The highest BCUT2D eigenvalue weighted by molar-refractivity contribution is 7.99. The molecule has 0 aliphatic rings. The zero-order chi connectivity index (χ0) is 22.4. The molecule has 0 radical (unpaired) electrons. The van der Waals surface area contributed by atoms with Gasteiger partial charge >= 0.3 is 6.18 Å². The van der Waals surface area contributed by atoms with Gasteiger partial charge in [-0.1, -0.05) is 49.9 Å². The summed E-state index contributed by atoms with van der Waals surface area (Å²) in [6.07, 6.45) is -3.63. The van der Waals surface area contributed by atoms with Crippen LogP contribution in [0.3, 0.4) is 0 Å². The Hall–Kier alpha value is -2.03. The first-order valence-electron chi connectivity index (χ1n) is 9.96. The molecule has 0 aliphatic heterocycles. The highest BCUT2D eigenvalue weighted by Gasteiger charge is 2.34. The summed E-state index contributed by atoms with van der Waals surface area (Å²) < 4.78 is 46.7. The first kappa shape index (κ1) is 23.6. The van der Waals surface area contributed by atoms with Gasteiger partial charge < -0.3 is 10.1 Å². The van der Waals surface area contributed by atoms with Crippen LogP contribution in [0, 0.1) is 0 Å². The molecule has 3 rings (SSSR count). The van der Waals surface area contributed by atoms with Crippen molar-refractivity contribution in [2.75, 3.05) is 25.6 Å². The second-order valence-electron chi connectivity index (χ2n) is 7.31. The number of halogens is 3. The summed E-state index contributed by atoms with van der Waals surface area (Å²) in [4.78, 5) is 5.48. The van der Waals surface area contributed by atoms with Crippen molar-refractivity contribution in [3.05, 3.63) is 59.0 Å². The molecule has 1 aromatic heterocycles. The summed E-state index contributed by atoms with van der Waals surface area (Å²) >= 11 is 2.54. The number of thiazole rings is 1. The second kappa shape index (κ2) is 10.5. The van der Waals surface area contributed by atoms with Crippen molar-refractivity contribution in [1.82, 2.24) is 4.98 Å². The molecule has 166 valence electrons. The molecule has 0 bridgehead atoms. The molecule has 3 aromatic rings. The van der Waals surface area contributed by atoms with Crippen molar-refractivity contribution in [2.24, 2.45) is 0 Å². The second-order valence-corrected chi connectivity index (χ2v) is 9.26. The number of anilines is 1. The van der Waals surface area contributed by atoms with Gasteiger partial charge in [0.25, 0.3) is 0 Å². The van der Waals surface area contributed by atoms with E-state index in [0.29, 0.717) is 29.5 Å². The van der Waals surface area contributed by atoms with Crippen LogP contribution < -0.4 is 5.32 Å². The summed E-state index contributed by atoms with van der Waals surface area (Å²) in [5.41, 5.74) is 1.38. The van der Waals surface area contributed by atoms with Crippen molar-refractivity contribution < 1.29 is 17.9 Å². The first-order valence-corrected chi connectivity index (χ1v) is 11.7. The van der Waals surface area contributed by atoms with Crippen LogP contribution in [0.4, 0.5) is 18.3 Å². The summed E-state index contributed by atoms with van der Waals surface area (Å²) in [6.45, 7) is 5.41. The summed E-state index contributed by atoms with van der Waals surface area (Å²) in [5, 5.41) is 5.63. The van der Waals surface area contributed by atoms with Crippen LogP contribution in [0.2, 0.25) is 0 Å². The van der Waals surface area contributed by atoms with Gasteiger partial charge in [-0.3, -0.25) is 0 Å². The monoisotopic (exact) mass is 466 g/mol. The molecule has 0 unspecified atom stereocenters. The summed E-state index contributed by atoms with van der Waals surface area (Å²) in [5.74, 6) is 0.224. The van der Waals surface area contributed by atoms with Gasteiger partial charge in [-0.15, -0.1) is 11.3 Å². The zero-order valence-corrected chi connectivity index (χ0v) is 19.3. The van der Waals surface area contributed by atoms with Crippen molar-refractivity contribution >= 4 is 28.2 Å². The van der Waals surface area contributed by atoms with Gasteiger partial charge in [0.2, 0.25) is 0 Å². The average Bonchev–Trinajstić information content (AvgIpc) is 3.20. The minimum Gasteiger partial charge on any atom is -0.385 e. The van der Waals surface area contributed by atoms with Gasteiger partial charge in [0.05, 0.1) is 11.3 Å². The maximum Gasteiger partial charge on any atom is 0.417 e. The lowest BCUT2D eigenvalue weighted by Gasteiger charge is -2.16. The van der Waals surface area contributed by atoms with E-state index in [9.17, 15) is 13.2 Å². The van der Waals surface area contributed by atoms with Crippen molar-refractivity contribution in [3.63, 3.8) is 0 Å². The zero-order valence-electron chi connectivity index (χ0n) is 17.6. The molecule has 0 saturated carbocycles. The third-order valence-electron chi connectivity index (χ3n) is 4.65. The van der Waals surface area contributed by atoms with Crippen LogP contribution in [0.1, 0.15) is 37.3 Å². The van der Waals surface area contributed by atoms with E-state index >= 15 is 0 Å². The maximum atomic E-state index is 13.9. The SMILES string of the molecule is COCCCNc1nc(-c2ccc(Sc3ccccc3C(C)C)c(C(F)(F)F)c2)cs1. The largest absolute Gasteiger partial charge is 0.417 e. The normalized spacial score (nSPS) is 11.8. The smallest absolute Gasteiger partial charge is 0.385 e. The van der Waals surface area contributed by atoms with Crippen LogP contribution in [-0.4, -0.2) is 25.2 Å². The fraction of sp³-hybridized carbons (Fsp3) is 0.348. The topological polar surface area (TPSA) is 34.1 Å². The van der Waals surface area contributed by atoms with Gasteiger partial charge in [0.15, 0.2) is 5.13 Å². The van der Waals surface area contributed by atoms with Gasteiger partial charge in [-0.05, 0) is 36.1 Å². The molecule has 2 aromatic carbocycles. The number of benzene rings is 2. The lowest BCUT2D eigenvalue weighted by Crippen LogP contribution is -2.07. The molecule has 0 amide bonds. The molecule has 1 N–H and O–H groups in total. The lowest BCUT2D eigenvalue weighted by atomic mass is 10.0. The Kier molecular flexibility index (Phi) is 8.02. The Morgan fingerprint density at radius 3 is 2.61 bits per heavy atom. The minimum absolute atomic E-state index is 0.192. The van der Waals surface area contributed by atoms with Crippen LogP contribution in [-0.2, 0) is 10.9 Å². The number of hydrogen-bond acceptors (Lipinski definition) is 5. The number of hydrogen-bond donors (Lipinski definition) is 1. The lowest BCUT2D eigenvalue weighted by molar-refractivity contribution is -0.139. The Bertz CT molecular complexity index is 1000. The number of nitrogens with one attached hydrogen (secondary N) is 1. The predicted molar refractivity (Wildman–Crippen MR) is 122 cm³/mol. The number of rotatable bonds is 9. The van der Waals surface area contributed by atoms with Crippen molar-refractivity contribution in [3.8, 4) is 11.3 Å². The van der Waals surface area contributed by atoms with Crippen molar-refractivity contribution in [1.29, 1.82) is 0 Å². The molecular weight excluding hydrogens is 441 g/mol. The van der Waals surface area contributed by atoms with E-state index in [1.54, 1.807) is 24.6 Å². The fourth-order valence-corrected chi connectivity index (χ4v) is 5.04. The van der Waals surface area contributed by atoms with Crippen LogP contribution in [0.25, 0.3) is 11.3 Å². The van der Waals surface area contributed by atoms with Gasteiger partial charge in [0, 0.05) is 41.0 Å². The molecular formula is C23H25F3N2OS2. The van der Waals surface area contributed by atoms with Crippen LogP contribution in [0.15, 0.2) is 57.6 Å². The van der Waals surface area contributed by atoms with Gasteiger partial charge in [-0.25, -0.2) is 4.98 Å². The Morgan fingerprint density at radius 2 is 1.90 bits per heavy atom. The predicted octanol–water partition coefficient (Wildman–Crippen LogP) is 7.55. The maximum absolute atomic E-state index is 13.9. The Morgan fingerprint density at radius 1 is 1.13 bits per heavy atom. The van der Waals surface area contributed by atoms with Crippen LogP contribution in [0.5, 0.6) is 0 Å². The highest BCUT2D eigenvalue weighted by atomic mass is 32.2. The van der Waals surface area contributed by atoms with Gasteiger partial charge in [-0.2, -0.15) is 13.2 Å². The third-order valence-corrected chi connectivity index (χ3v) is 6.61. The number of nitrogens with zero attached hydrogens (tertiary/aromatic N) is 1. The van der Waals surface area contributed by atoms with Crippen LogP contribution >= 0.6 is 23.1 Å². The number of ether oxygens (including phenoxy) is 1. The molecule has 0 aliphatic carbocycles. The van der Waals surface area contributed by atoms with Gasteiger partial charge in [0.1, 0.15) is 0 Å². The minimum atomic E-state index is -4.46. The average molecular weight is 467 g/mol. The fourth-order valence-electron chi connectivity index (χ4n) is 3.07. The quantitative estimate of drug-likeness (QED) is 0.330. The summed E-state index contributed by atoms with van der Waals surface area (Å²) in [7, 11) is 1.64. The van der Waals surface area contributed by atoms with E-state index < -0.39 is 11.7 Å². The standard InChI is InChI=1S/C23H25F3N2OS2/c1-15(2)17-7-4-5-8-20(17)31-21-10-9-16(13-18(21)23(24,25)26)19-14-30-22(28-19)27-11-6-12-29-3/h4-5,7-10,13-15H,6,11-12H2,1-3H3,(H,27,28). The van der Waals surface area contributed by atoms with E-state index in [1.807, 2.05) is 38.1 Å². The van der Waals surface area contributed by atoms with E-state index in [1.165, 1.54) is 17.4 Å². The van der Waals surface area contributed by atoms with E-state index in [-0.39, 0.29) is 10.8 Å². The number of methoxy groups -OCH3 is 1.